The second-order valence-corrected chi connectivity index (χ2v) is 4.38. The SMILES string of the molecule is COC(=O)/C=C1/S[C@@](OC)(C(F)(F)F)N=C1Cl. The molecule has 0 fully saturated rings. The van der Waals surface area contributed by atoms with Gasteiger partial charge >= 0.3 is 17.2 Å². The molecule has 0 aliphatic carbocycles. The Balaban J connectivity index is 3.07. The van der Waals surface area contributed by atoms with Crippen LogP contribution in [0.3, 0.4) is 0 Å². The highest BCUT2D eigenvalue weighted by atomic mass is 35.5. The Kier molecular flexibility index (Phi) is 4.11. The number of carbonyl (C=O) groups is 1. The maximum atomic E-state index is 12.7. The van der Waals surface area contributed by atoms with E-state index in [0.29, 0.717) is 0 Å². The summed E-state index contributed by atoms with van der Waals surface area (Å²) in [6.45, 7) is 0. The molecule has 0 aromatic carbocycles. The Morgan fingerprint density at radius 1 is 1.53 bits per heavy atom. The molecule has 1 atom stereocenters. The standard InChI is InChI=1S/C8H7ClF3NO3S/c1-15-5(14)3-4-6(9)13-8(16-2,17-4)7(10,11)12/h3H,1-2H3/b4-3+/t8-/m0/s1. The monoisotopic (exact) mass is 289 g/mol. The molecule has 0 unspecified atom stereocenters. The quantitative estimate of drug-likeness (QED) is 0.578. The van der Waals surface area contributed by atoms with Gasteiger partial charge < -0.3 is 9.47 Å². The van der Waals surface area contributed by atoms with Crippen LogP contribution in [0.5, 0.6) is 0 Å². The van der Waals surface area contributed by atoms with Crippen molar-refractivity contribution in [2.24, 2.45) is 4.99 Å². The van der Waals surface area contributed by atoms with Crippen LogP contribution < -0.4 is 0 Å². The van der Waals surface area contributed by atoms with Crippen LogP contribution in [0.15, 0.2) is 16.0 Å². The predicted octanol–water partition coefficient (Wildman–Crippen LogP) is 2.29. The van der Waals surface area contributed by atoms with Crippen molar-refractivity contribution in [2.45, 2.75) is 11.2 Å². The molecule has 1 aliphatic heterocycles. The Labute approximate surface area is 104 Å². The van der Waals surface area contributed by atoms with Crippen LogP contribution in [0.25, 0.3) is 0 Å². The van der Waals surface area contributed by atoms with Crippen molar-refractivity contribution in [3.63, 3.8) is 0 Å². The van der Waals surface area contributed by atoms with Crippen molar-refractivity contribution < 1.29 is 27.4 Å². The zero-order chi connectivity index (χ0) is 13.3. The van der Waals surface area contributed by atoms with Crippen LogP contribution >= 0.6 is 23.4 Å². The van der Waals surface area contributed by atoms with Gasteiger partial charge in [-0.15, -0.1) is 0 Å². The molecule has 0 aromatic heterocycles. The number of nitrogens with zero attached hydrogens (tertiary/aromatic N) is 1. The predicted molar refractivity (Wildman–Crippen MR) is 56.8 cm³/mol. The maximum Gasteiger partial charge on any atom is 0.449 e. The molecule has 0 N–H and O–H groups in total. The van der Waals surface area contributed by atoms with Crippen LogP contribution in [0.2, 0.25) is 0 Å². The van der Waals surface area contributed by atoms with Crippen LogP contribution in [0.1, 0.15) is 0 Å². The molecule has 9 heteroatoms. The van der Waals surface area contributed by atoms with Gasteiger partial charge in [-0.3, -0.25) is 0 Å². The number of aliphatic imine (C=N–C) groups is 1. The van der Waals surface area contributed by atoms with Gasteiger partial charge in [0.2, 0.25) is 0 Å². The highest BCUT2D eigenvalue weighted by molar-refractivity contribution is 8.05. The van der Waals surface area contributed by atoms with E-state index in [4.69, 9.17) is 11.6 Å². The molecule has 0 amide bonds. The minimum atomic E-state index is -4.75. The highest BCUT2D eigenvalue weighted by Gasteiger charge is 2.60. The van der Waals surface area contributed by atoms with Crippen LogP contribution in [-0.2, 0) is 14.3 Å². The van der Waals surface area contributed by atoms with E-state index in [2.05, 4.69) is 14.5 Å². The summed E-state index contributed by atoms with van der Waals surface area (Å²) in [6.07, 6.45) is -3.93. The molecule has 96 valence electrons. The van der Waals surface area contributed by atoms with Crippen molar-refractivity contribution in [2.75, 3.05) is 14.2 Å². The van der Waals surface area contributed by atoms with E-state index in [1.165, 1.54) is 0 Å². The summed E-state index contributed by atoms with van der Waals surface area (Å²) in [5, 5.41) is -3.25. The third-order valence-electron chi connectivity index (χ3n) is 1.78. The maximum absolute atomic E-state index is 12.7. The first-order valence-electron chi connectivity index (χ1n) is 4.12. The molecule has 17 heavy (non-hydrogen) atoms. The Morgan fingerprint density at radius 2 is 2.12 bits per heavy atom. The molecular weight excluding hydrogens is 283 g/mol. The summed E-state index contributed by atoms with van der Waals surface area (Å²) in [6, 6.07) is 0. The first-order valence-corrected chi connectivity index (χ1v) is 5.31. The average molecular weight is 290 g/mol. The lowest BCUT2D eigenvalue weighted by atomic mass is 10.5. The number of carbonyl (C=O) groups excluding carboxylic acids is 1. The average Bonchev–Trinajstić information content (AvgIpc) is 2.56. The van der Waals surface area contributed by atoms with Gasteiger partial charge in [0.05, 0.1) is 12.0 Å². The number of halogens is 4. The lowest BCUT2D eigenvalue weighted by Crippen LogP contribution is -2.40. The van der Waals surface area contributed by atoms with Crippen molar-refractivity contribution in [3.8, 4) is 0 Å². The minimum absolute atomic E-state index is 0.155. The summed E-state index contributed by atoms with van der Waals surface area (Å²) in [4.78, 5) is 14.0. The number of hydrogen-bond donors (Lipinski definition) is 0. The zero-order valence-electron chi connectivity index (χ0n) is 8.67. The third kappa shape index (κ3) is 2.75. The van der Waals surface area contributed by atoms with Crippen LogP contribution in [0, 0.1) is 0 Å². The van der Waals surface area contributed by atoms with Gasteiger partial charge in [-0.1, -0.05) is 23.4 Å². The normalized spacial score (nSPS) is 27.2. The lowest BCUT2D eigenvalue weighted by molar-refractivity contribution is -0.225. The van der Waals surface area contributed by atoms with Crippen molar-refractivity contribution >= 4 is 34.5 Å². The van der Waals surface area contributed by atoms with Crippen molar-refractivity contribution in [1.82, 2.24) is 0 Å². The van der Waals surface area contributed by atoms with E-state index in [1.807, 2.05) is 0 Å². The van der Waals surface area contributed by atoms with Gasteiger partial charge in [0.15, 0.2) is 0 Å². The smallest absolute Gasteiger partial charge is 0.449 e. The number of esters is 1. The summed E-state index contributed by atoms with van der Waals surface area (Å²) < 4.78 is 46.8. The van der Waals surface area contributed by atoms with Gasteiger partial charge in [0, 0.05) is 13.2 Å². The van der Waals surface area contributed by atoms with E-state index in [9.17, 15) is 18.0 Å². The first kappa shape index (κ1) is 14.3. The molecule has 4 nitrogen and oxygen atoms in total. The number of alkyl halides is 3. The molecule has 0 saturated heterocycles. The van der Waals surface area contributed by atoms with Gasteiger partial charge in [-0.2, -0.15) is 13.2 Å². The molecule has 0 bridgehead atoms. The van der Waals surface area contributed by atoms with Gasteiger partial charge in [-0.25, -0.2) is 9.79 Å². The van der Waals surface area contributed by atoms with E-state index in [1.54, 1.807) is 0 Å². The molecule has 1 aliphatic rings. The number of hydrogen-bond acceptors (Lipinski definition) is 5. The highest BCUT2D eigenvalue weighted by Crippen LogP contribution is 2.51. The molecular formula is C8H7ClF3NO3S. The number of methoxy groups -OCH3 is 2. The fraction of sp³-hybridized carbons (Fsp3) is 0.500. The molecule has 1 heterocycles. The molecule has 1 rings (SSSR count). The molecule has 0 spiro atoms. The topological polar surface area (TPSA) is 47.9 Å². The number of rotatable bonds is 2. The third-order valence-corrected chi connectivity index (χ3v) is 3.48. The number of allylic oxidation sites excluding steroid dienone is 1. The van der Waals surface area contributed by atoms with Crippen molar-refractivity contribution in [3.05, 3.63) is 11.0 Å². The Morgan fingerprint density at radius 3 is 2.47 bits per heavy atom. The number of ether oxygens (including phenoxy) is 2. The summed E-state index contributed by atoms with van der Waals surface area (Å²) >= 11 is 5.72. The van der Waals surface area contributed by atoms with E-state index in [0.717, 1.165) is 20.3 Å². The van der Waals surface area contributed by atoms with E-state index in [-0.39, 0.29) is 16.7 Å². The molecule has 0 radical (unpaired) electrons. The van der Waals surface area contributed by atoms with Crippen molar-refractivity contribution in [1.29, 1.82) is 0 Å². The summed E-state index contributed by atoms with van der Waals surface area (Å²) in [7, 11) is 1.95. The van der Waals surface area contributed by atoms with Crippen LogP contribution in [0.4, 0.5) is 13.2 Å². The van der Waals surface area contributed by atoms with E-state index < -0.39 is 22.4 Å². The van der Waals surface area contributed by atoms with E-state index >= 15 is 0 Å². The van der Waals surface area contributed by atoms with Crippen LogP contribution in [-0.4, -0.2) is 36.6 Å². The zero-order valence-corrected chi connectivity index (χ0v) is 10.2. The minimum Gasteiger partial charge on any atom is -0.466 e. The second kappa shape index (κ2) is 4.87. The van der Waals surface area contributed by atoms with Gasteiger partial charge in [-0.05, 0) is 0 Å². The first-order chi connectivity index (χ1) is 7.75. The van der Waals surface area contributed by atoms with Gasteiger partial charge in [0.25, 0.3) is 0 Å². The van der Waals surface area contributed by atoms with Gasteiger partial charge in [0.1, 0.15) is 5.17 Å². The number of thioether (sulfide) groups is 1. The molecule has 0 saturated carbocycles. The summed E-state index contributed by atoms with van der Waals surface area (Å²) in [5.74, 6) is -0.824. The lowest BCUT2D eigenvalue weighted by Gasteiger charge is -2.25. The summed E-state index contributed by atoms with van der Waals surface area (Å²) in [5.41, 5.74) is 0. The fourth-order valence-corrected chi connectivity index (χ4v) is 2.24. The second-order valence-electron chi connectivity index (χ2n) is 2.82. The fourth-order valence-electron chi connectivity index (χ4n) is 0.978. The largest absolute Gasteiger partial charge is 0.466 e. The Bertz CT molecular complexity index is 396. The molecule has 0 aromatic rings. The Hall–Kier alpha value is -0.730.